The molecule has 1 aliphatic rings. The van der Waals surface area contributed by atoms with Gasteiger partial charge in [0.2, 0.25) is 11.1 Å². The van der Waals surface area contributed by atoms with Crippen LogP contribution in [0.2, 0.25) is 5.28 Å². The van der Waals surface area contributed by atoms with Gasteiger partial charge in [-0.15, -0.1) is 0 Å². The Labute approximate surface area is 104 Å². The molecule has 1 fully saturated rings. The molecule has 7 heteroatoms. The molecule has 0 aliphatic heterocycles. The van der Waals surface area contributed by atoms with Crippen molar-refractivity contribution in [2.24, 2.45) is 0 Å². The number of aromatic nitrogens is 2. The van der Waals surface area contributed by atoms with Gasteiger partial charge >= 0.3 is 5.69 Å². The van der Waals surface area contributed by atoms with E-state index in [2.05, 4.69) is 22.2 Å². The maximum atomic E-state index is 10.9. The summed E-state index contributed by atoms with van der Waals surface area (Å²) in [6.07, 6.45) is 5.18. The average Bonchev–Trinajstić information content (AvgIpc) is 2.23. The second kappa shape index (κ2) is 4.44. The maximum Gasteiger partial charge on any atom is 0.329 e. The summed E-state index contributed by atoms with van der Waals surface area (Å²) in [5.74, 6) is 0.219. The van der Waals surface area contributed by atoms with Crippen molar-refractivity contribution in [2.75, 3.05) is 5.32 Å². The predicted octanol–water partition coefficient (Wildman–Crippen LogP) is 2.78. The van der Waals surface area contributed by atoms with E-state index < -0.39 is 4.92 Å². The van der Waals surface area contributed by atoms with Gasteiger partial charge < -0.3 is 5.32 Å². The minimum Gasteiger partial charge on any atom is -0.359 e. The van der Waals surface area contributed by atoms with Crippen LogP contribution in [-0.2, 0) is 0 Å². The van der Waals surface area contributed by atoms with Crippen LogP contribution in [0.15, 0.2) is 6.20 Å². The lowest BCUT2D eigenvalue weighted by molar-refractivity contribution is -0.384. The van der Waals surface area contributed by atoms with E-state index in [0.29, 0.717) is 0 Å². The van der Waals surface area contributed by atoms with Crippen molar-refractivity contribution >= 4 is 23.1 Å². The van der Waals surface area contributed by atoms with Crippen LogP contribution in [0, 0.1) is 10.1 Å². The Hall–Kier alpha value is -1.43. The van der Waals surface area contributed by atoms with Gasteiger partial charge in [-0.1, -0.05) is 6.92 Å². The quantitative estimate of drug-likeness (QED) is 0.509. The Morgan fingerprint density at radius 1 is 1.65 bits per heavy atom. The van der Waals surface area contributed by atoms with E-state index >= 15 is 0 Å². The average molecular weight is 257 g/mol. The van der Waals surface area contributed by atoms with E-state index in [1.54, 1.807) is 0 Å². The van der Waals surface area contributed by atoms with Crippen molar-refractivity contribution in [3.05, 3.63) is 21.6 Å². The van der Waals surface area contributed by atoms with Crippen LogP contribution in [0.5, 0.6) is 0 Å². The van der Waals surface area contributed by atoms with Crippen molar-refractivity contribution < 1.29 is 4.92 Å². The van der Waals surface area contributed by atoms with E-state index in [4.69, 9.17) is 11.6 Å². The fourth-order valence-electron chi connectivity index (χ4n) is 2.00. The highest BCUT2D eigenvalue weighted by molar-refractivity contribution is 6.28. The van der Waals surface area contributed by atoms with E-state index in [1.807, 2.05) is 0 Å². The smallest absolute Gasteiger partial charge is 0.329 e. The molecule has 0 saturated heterocycles. The molecule has 0 aromatic carbocycles. The van der Waals surface area contributed by atoms with Gasteiger partial charge in [0.1, 0.15) is 6.20 Å². The van der Waals surface area contributed by atoms with Gasteiger partial charge in [0.05, 0.1) is 4.92 Å². The van der Waals surface area contributed by atoms with Crippen LogP contribution < -0.4 is 5.32 Å². The zero-order valence-corrected chi connectivity index (χ0v) is 10.2. The van der Waals surface area contributed by atoms with Gasteiger partial charge in [0.15, 0.2) is 0 Å². The highest BCUT2D eigenvalue weighted by atomic mass is 35.5. The van der Waals surface area contributed by atoms with E-state index in [-0.39, 0.29) is 22.3 Å². The van der Waals surface area contributed by atoms with Gasteiger partial charge in [0.25, 0.3) is 0 Å². The number of anilines is 1. The molecule has 1 aliphatic carbocycles. The Bertz CT molecular complexity index is 442. The third kappa shape index (κ3) is 2.31. The molecule has 0 spiro atoms. The summed E-state index contributed by atoms with van der Waals surface area (Å²) in [4.78, 5) is 17.9. The fourth-order valence-corrected chi connectivity index (χ4v) is 2.13. The second-order valence-electron chi connectivity index (χ2n) is 4.24. The van der Waals surface area contributed by atoms with Gasteiger partial charge in [-0.2, -0.15) is 4.98 Å². The summed E-state index contributed by atoms with van der Waals surface area (Å²) in [5.41, 5.74) is -0.197. The first kappa shape index (κ1) is 12.0. The molecule has 1 aromatic rings. The van der Waals surface area contributed by atoms with Crippen LogP contribution in [-0.4, -0.2) is 20.4 Å². The highest BCUT2D eigenvalue weighted by Crippen LogP contribution is 2.39. The monoisotopic (exact) mass is 256 g/mol. The minimum atomic E-state index is -0.499. The first-order valence-corrected chi connectivity index (χ1v) is 5.89. The number of nitrogens with one attached hydrogen (secondary N) is 1. The van der Waals surface area contributed by atoms with Gasteiger partial charge in [-0.3, -0.25) is 10.1 Å². The Morgan fingerprint density at radius 3 is 2.82 bits per heavy atom. The zero-order chi connectivity index (χ0) is 12.5. The van der Waals surface area contributed by atoms with Crippen LogP contribution in [0.3, 0.4) is 0 Å². The summed E-state index contributed by atoms with van der Waals surface area (Å²) in [6.45, 7) is 2.06. The van der Waals surface area contributed by atoms with Crippen molar-refractivity contribution in [2.45, 2.75) is 38.1 Å². The normalized spacial score (nSPS) is 17.3. The lowest BCUT2D eigenvalue weighted by atomic mass is 9.75. The van der Waals surface area contributed by atoms with E-state index in [0.717, 1.165) is 31.9 Å². The molecule has 0 unspecified atom stereocenters. The SMILES string of the molecule is CCC1(Nc2nc(Cl)ncc2[N+](=O)[O-])CCC1. The lowest BCUT2D eigenvalue weighted by Gasteiger charge is -2.42. The third-order valence-electron chi connectivity index (χ3n) is 3.31. The maximum absolute atomic E-state index is 10.9. The summed E-state index contributed by atoms with van der Waals surface area (Å²) < 4.78 is 0. The van der Waals surface area contributed by atoms with Crippen molar-refractivity contribution in [1.29, 1.82) is 0 Å². The highest BCUT2D eigenvalue weighted by Gasteiger charge is 2.37. The molecule has 1 heterocycles. The minimum absolute atomic E-state index is 0.0173. The van der Waals surface area contributed by atoms with Crippen molar-refractivity contribution in [3.8, 4) is 0 Å². The predicted molar refractivity (Wildman–Crippen MR) is 64.2 cm³/mol. The number of rotatable bonds is 4. The largest absolute Gasteiger partial charge is 0.359 e. The molecular formula is C10H13ClN4O2. The van der Waals surface area contributed by atoms with Crippen molar-refractivity contribution in [1.82, 2.24) is 9.97 Å². The zero-order valence-electron chi connectivity index (χ0n) is 9.44. The van der Waals surface area contributed by atoms with Crippen LogP contribution in [0.4, 0.5) is 11.5 Å². The summed E-state index contributed by atoms with van der Waals surface area (Å²) in [6, 6.07) is 0. The van der Waals surface area contributed by atoms with Crippen LogP contribution in [0.1, 0.15) is 32.6 Å². The topological polar surface area (TPSA) is 81.0 Å². The lowest BCUT2D eigenvalue weighted by Crippen LogP contribution is -2.44. The first-order valence-electron chi connectivity index (χ1n) is 5.51. The van der Waals surface area contributed by atoms with Gasteiger partial charge in [-0.05, 0) is 37.3 Å². The molecule has 1 saturated carbocycles. The molecule has 0 radical (unpaired) electrons. The molecule has 1 N–H and O–H groups in total. The Kier molecular flexibility index (Phi) is 3.15. The summed E-state index contributed by atoms with van der Waals surface area (Å²) in [5, 5.41) is 14.0. The van der Waals surface area contributed by atoms with Crippen LogP contribution >= 0.6 is 11.6 Å². The molecular weight excluding hydrogens is 244 g/mol. The molecule has 92 valence electrons. The number of hydrogen-bond donors (Lipinski definition) is 1. The molecule has 17 heavy (non-hydrogen) atoms. The summed E-state index contributed by atoms with van der Waals surface area (Å²) >= 11 is 5.67. The molecule has 1 aromatic heterocycles. The molecule has 2 rings (SSSR count). The van der Waals surface area contributed by atoms with E-state index in [9.17, 15) is 10.1 Å². The number of halogens is 1. The molecule has 0 amide bonds. The molecule has 6 nitrogen and oxygen atoms in total. The number of nitrogens with zero attached hydrogens (tertiary/aromatic N) is 3. The van der Waals surface area contributed by atoms with Gasteiger partial charge in [-0.25, -0.2) is 4.98 Å². The Balaban J connectivity index is 2.30. The first-order chi connectivity index (χ1) is 8.06. The third-order valence-corrected chi connectivity index (χ3v) is 3.49. The standard InChI is InChI=1S/C10H13ClN4O2/c1-2-10(4-3-5-10)14-8-7(15(16)17)6-12-9(11)13-8/h6H,2-5H2,1H3,(H,12,13,14). The van der Waals surface area contributed by atoms with Crippen molar-refractivity contribution in [3.63, 3.8) is 0 Å². The Morgan fingerprint density at radius 2 is 2.35 bits per heavy atom. The fraction of sp³-hybridized carbons (Fsp3) is 0.600. The van der Waals surface area contributed by atoms with Gasteiger partial charge in [0, 0.05) is 5.54 Å². The second-order valence-corrected chi connectivity index (χ2v) is 4.58. The number of hydrogen-bond acceptors (Lipinski definition) is 5. The molecule has 0 bridgehead atoms. The van der Waals surface area contributed by atoms with E-state index in [1.165, 1.54) is 0 Å². The van der Waals surface area contributed by atoms with Crippen LogP contribution in [0.25, 0.3) is 0 Å². The summed E-state index contributed by atoms with van der Waals surface area (Å²) in [7, 11) is 0. The number of nitro groups is 1. The molecule has 0 atom stereocenters.